The Balaban J connectivity index is 2.44. The molecule has 2 aromatic carbocycles. The Hall–Kier alpha value is -2.58. The van der Waals surface area contributed by atoms with Crippen LogP contribution < -0.4 is 9.62 Å². The molecule has 1 atom stereocenters. The lowest BCUT2D eigenvalue weighted by atomic mass is 10.1. The largest absolute Gasteiger partial charge is 0.354 e. The van der Waals surface area contributed by atoms with Crippen LogP contribution in [0.15, 0.2) is 48.5 Å². The van der Waals surface area contributed by atoms with E-state index in [-0.39, 0.29) is 12.5 Å². The van der Waals surface area contributed by atoms with Gasteiger partial charge in [0.25, 0.3) is 0 Å². The summed E-state index contributed by atoms with van der Waals surface area (Å²) in [7, 11) is -3.80. The van der Waals surface area contributed by atoms with Gasteiger partial charge in [-0.1, -0.05) is 61.8 Å². The summed E-state index contributed by atoms with van der Waals surface area (Å²) in [6.45, 7) is 5.78. The zero-order chi connectivity index (χ0) is 24.6. The number of amides is 2. The third-order valence-electron chi connectivity index (χ3n) is 5.25. The highest BCUT2D eigenvalue weighted by Crippen LogP contribution is 2.27. The second kappa shape index (κ2) is 12.0. The Morgan fingerprint density at radius 1 is 1.09 bits per heavy atom. The monoisotopic (exact) mass is 493 g/mol. The van der Waals surface area contributed by atoms with E-state index >= 15 is 0 Å². The van der Waals surface area contributed by atoms with Gasteiger partial charge in [-0.05, 0) is 43.0 Å². The molecule has 2 aromatic rings. The van der Waals surface area contributed by atoms with Gasteiger partial charge in [-0.3, -0.25) is 13.9 Å². The molecule has 0 aromatic heterocycles. The molecule has 0 spiro atoms. The summed E-state index contributed by atoms with van der Waals surface area (Å²) in [5, 5.41) is 3.22. The van der Waals surface area contributed by atoms with Gasteiger partial charge in [0, 0.05) is 18.1 Å². The first kappa shape index (κ1) is 26.7. The summed E-state index contributed by atoms with van der Waals surface area (Å²) >= 11 is 6.11. The second-order valence-electron chi connectivity index (χ2n) is 7.92. The summed E-state index contributed by atoms with van der Waals surface area (Å²) in [4.78, 5) is 27.9. The lowest BCUT2D eigenvalue weighted by Gasteiger charge is -2.33. The van der Waals surface area contributed by atoms with Crippen LogP contribution in [0.3, 0.4) is 0 Å². The average Bonchev–Trinajstić information content (AvgIpc) is 2.77. The highest BCUT2D eigenvalue weighted by molar-refractivity contribution is 7.92. The molecule has 1 unspecified atom stereocenters. The number of hydrogen-bond acceptors (Lipinski definition) is 4. The molecule has 0 heterocycles. The van der Waals surface area contributed by atoms with Crippen molar-refractivity contribution in [2.75, 3.05) is 23.7 Å². The number of benzene rings is 2. The van der Waals surface area contributed by atoms with E-state index in [9.17, 15) is 18.0 Å². The fourth-order valence-electron chi connectivity index (χ4n) is 3.51. The number of anilines is 1. The smallest absolute Gasteiger partial charge is 0.244 e. The first-order chi connectivity index (χ1) is 15.6. The van der Waals surface area contributed by atoms with Gasteiger partial charge in [0.05, 0.1) is 11.9 Å². The molecule has 0 fully saturated rings. The maximum atomic E-state index is 13.6. The first-order valence-electron chi connectivity index (χ1n) is 10.9. The number of nitrogens with one attached hydrogen (secondary N) is 1. The number of carbonyl (C=O) groups is 2. The topological polar surface area (TPSA) is 86.8 Å². The molecule has 0 saturated carbocycles. The van der Waals surface area contributed by atoms with E-state index < -0.39 is 28.5 Å². The minimum absolute atomic E-state index is 0.184. The fraction of sp³-hybridized carbons (Fsp3) is 0.417. The van der Waals surface area contributed by atoms with Crippen LogP contribution in [0.1, 0.15) is 37.8 Å². The van der Waals surface area contributed by atoms with E-state index in [1.54, 1.807) is 19.1 Å². The number of nitrogens with zero attached hydrogens (tertiary/aromatic N) is 2. The number of aryl methyl sites for hydroxylation is 1. The van der Waals surface area contributed by atoms with E-state index in [0.29, 0.717) is 29.2 Å². The zero-order valence-electron chi connectivity index (χ0n) is 19.5. The molecule has 2 amide bonds. The van der Waals surface area contributed by atoms with Crippen molar-refractivity contribution in [1.82, 2.24) is 10.2 Å². The summed E-state index contributed by atoms with van der Waals surface area (Å²) in [5.74, 6) is -0.726. The predicted molar refractivity (Wildman–Crippen MR) is 133 cm³/mol. The number of carbonyl (C=O) groups excluding carboxylic acids is 2. The summed E-state index contributed by atoms with van der Waals surface area (Å²) in [6, 6.07) is 13.5. The van der Waals surface area contributed by atoms with E-state index in [1.807, 2.05) is 44.2 Å². The third kappa shape index (κ3) is 7.47. The van der Waals surface area contributed by atoms with Gasteiger partial charge in [-0.25, -0.2) is 8.42 Å². The van der Waals surface area contributed by atoms with Crippen molar-refractivity contribution in [3.05, 3.63) is 64.7 Å². The molecule has 1 N–H and O–H groups in total. The molecule has 33 heavy (non-hydrogen) atoms. The maximum absolute atomic E-state index is 13.6. The molecule has 0 saturated heterocycles. The van der Waals surface area contributed by atoms with Crippen molar-refractivity contribution in [3.8, 4) is 0 Å². The number of rotatable bonds is 11. The Bertz CT molecular complexity index is 1060. The zero-order valence-corrected chi connectivity index (χ0v) is 21.1. The number of hydrogen-bond donors (Lipinski definition) is 1. The van der Waals surface area contributed by atoms with Crippen LogP contribution >= 0.6 is 11.6 Å². The quantitative estimate of drug-likeness (QED) is 0.516. The highest BCUT2D eigenvalue weighted by Gasteiger charge is 2.32. The van der Waals surface area contributed by atoms with Crippen molar-refractivity contribution >= 4 is 39.1 Å². The molecule has 0 aliphatic rings. The van der Waals surface area contributed by atoms with Crippen molar-refractivity contribution < 1.29 is 18.0 Å². The van der Waals surface area contributed by atoms with Gasteiger partial charge in [-0.2, -0.15) is 0 Å². The molecule has 0 radical (unpaired) electrons. The second-order valence-corrected chi connectivity index (χ2v) is 10.3. The molecular weight excluding hydrogens is 462 g/mol. The molecule has 7 nitrogen and oxygen atoms in total. The van der Waals surface area contributed by atoms with Crippen LogP contribution in [0.4, 0.5) is 5.69 Å². The Labute approximate surface area is 201 Å². The van der Waals surface area contributed by atoms with Gasteiger partial charge in [0.2, 0.25) is 21.8 Å². The van der Waals surface area contributed by atoms with Crippen LogP contribution in [-0.2, 0) is 26.2 Å². The molecule has 0 aliphatic heterocycles. The first-order valence-corrected chi connectivity index (χ1v) is 13.2. The van der Waals surface area contributed by atoms with E-state index in [0.717, 1.165) is 22.5 Å². The minimum Gasteiger partial charge on any atom is -0.354 e. The summed E-state index contributed by atoms with van der Waals surface area (Å²) in [5.41, 5.74) is 1.85. The van der Waals surface area contributed by atoms with Crippen LogP contribution in [0.5, 0.6) is 0 Å². The van der Waals surface area contributed by atoms with Gasteiger partial charge in [0.1, 0.15) is 12.6 Å². The lowest BCUT2D eigenvalue weighted by Crippen LogP contribution is -2.52. The van der Waals surface area contributed by atoms with Crippen molar-refractivity contribution in [2.24, 2.45) is 0 Å². The summed E-state index contributed by atoms with van der Waals surface area (Å²) < 4.78 is 26.4. The molecule has 0 bridgehead atoms. The minimum atomic E-state index is -3.80. The SMILES string of the molecule is CCCNC(=O)C(CC)N(Cc1ccccc1)C(=O)CN(c1cc(Cl)ccc1C)S(C)(=O)=O. The van der Waals surface area contributed by atoms with Crippen LogP contribution in [-0.4, -0.2) is 50.5 Å². The van der Waals surface area contributed by atoms with E-state index in [1.165, 1.54) is 11.0 Å². The molecule has 0 aliphatic carbocycles. The fourth-order valence-corrected chi connectivity index (χ4v) is 4.58. The normalized spacial score (nSPS) is 12.2. The van der Waals surface area contributed by atoms with Crippen molar-refractivity contribution in [2.45, 2.75) is 46.2 Å². The maximum Gasteiger partial charge on any atom is 0.244 e. The third-order valence-corrected chi connectivity index (χ3v) is 6.61. The van der Waals surface area contributed by atoms with E-state index in [2.05, 4.69) is 5.32 Å². The van der Waals surface area contributed by atoms with Crippen molar-refractivity contribution in [1.29, 1.82) is 0 Å². The van der Waals surface area contributed by atoms with Crippen molar-refractivity contribution in [3.63, 3.8) is 0 Å². The van der Waals surface area contributed by atoms with Crippen LogP contribution in [0.2, 0.25) is 5.02 Å². The molecular formula is C24H32ClN3O4S. The van der Waals surface area contributed by atoms with Gasteiger partial charge in [0.15, 0.2) is 0 Å². The van der Waals surface area contributed by atoms with Crippen LogP contribution in [0.25, 0.3) is 0 Å². The van der Waals surface area contributed by atoms with E-state index in [4.69, 9.17) is 11.6 Å². The molecule has 9 heteroatoms. The Morgan fingerprint density at radius 2 is 1.76 bits per heavy atom. The standard InChI is InChI=1S/C24H32ClN3O4S/c1-5-14-26-24(30)21(6-2)27(16-19-10-8-7-9-11-19)23(29)17-28(33(4,31)32)22-15-20(25)13-12-18(22)3/h7-13,15,21H,5-6,14,16-17H2,1-4H3,(H,26,30). The highest BCUT2D eigenvalue weighted by atomic mass is 35.5. The number of halogens is 1. The number of sulfonamides is 1. The Kier molecular flexibility index (Phi) is 9.73. The lowest BCUT2D eigenvalue weighted by molar-refractivity contribution is -0.140. The predicted octanol–water partition coefficient (Wildman–Crippen LogP) is 3.75. The van der Waals surface area contributed by atoms with Crippen LogP contribution in [0, 0.1) is 6.92 Å². The Morgan fingerprint density at radius 3 is 2.33 bits per heavy atom. The average molecular weight is 494 g/mol. The van der Waals surface area contributed by atoms with Gasteiger partial charge >= 0.3 is 0 Å². The van der Waals surface area contributed by atoms with Gasteiger partial charge < -0.3 is 10.2 Å². The summed E-state index contributed by atoms with van der Waals surface area (Å²) in [6.07, 6.45) is 2.21. The molecule has 2 rings (SSSR count). The van der Waals surface area contributed by atoms with Gasteiger partial charge in [-0.15, -0.1) is 0 Å². The molecule has 180 valence electrons.